The summed E-state index contributed by atoms with van der Waals surface area (Å²) in [7, 11) is 0. The van der Waals surface area contributed by atoms with Gasteiger partial charge in [0.2, 0.25) is 5.71 Å². The van der Waals surface area contributed by atoms with Gasteiger partial charge in [-0.25, -0.2) is 4.98 Å². The van der Waals surface area contributed by atoms with E-state index in [-0.39, 0.29) is 25.5 Å². The molecule has 11 rings (SSSR count). The van der Waals surface area contributed by atoms with Gasteiger partial charge in [0.15, 0.2) is 0 Å². The maximum absolute atomic E-state index is 6.68. The van der Waals surface area contributed by atoms with E-state index in [0.29, 0.717) is 17.5 Å². The fourth-order valence-electron chi connectivity index (χ4n) is 10.6. The summed E-state index contributed by atoms with van der Waals surface area (Å²) in [6.45, 7) is 15.5. The van der Waals surface area contributed by atoms with Crippen LogP contribution in [0.5, 0.6) is 0 Å². The fraction of sp³-hybridized carbons (Fsp3) is 0.292. The van der Waals surface area contributed by atoms with Gasteiger partial charge in [-0.05, 0) is 73.6 Å². The number of aryl methyl sites for hydroxylation is 2. The summed E-state index contributed by atoms with van der Waals surface area (Å²) in [5.41, 5.74) is 17.8. The van der Waals surface area contributed by atoms with Gasteiger partial charge in [-0.15, -0.1) is 18.2 Å². The zero-order chi connectivity index (χ0) is 50.3. The van der Waals surface area contributed by atoms with E-state index in [4.69, 9.17) is 24.4 Å². The number of furan rings is 1. The first-order valence-corrected chi connectivity index (χ1v) is 33.3. The van der Waals surface area contributed by atoms with Crippen molar-refractivity contribution >= 4 is 50.8 Å². The third-order valence-electron chi connectivity index (χ3n) is 14.3. The van der Waals surface area contributed by atoms with E-state index in [1.54, 1.807) is 0 Å². The van der Waals surface area contributed by atoms with Crippen molar-refractivity contribution in [1.29, 1.82) is 0 Å². The van der Waals surface area contributed by atoms with Crippen LogP contribution in [-0.4, -0.2) is 37.8 Å². The van der Waals surface area contributed by atoms with Gasteiger partial charge in [0, 0.05) is 54.0 Å². The van der Waals surface area contributed by atoms with Crippen molar-refractivity contribution < 1.29 is 24.5 Å². The van der Waals surface area contributed by atoms with Gasteiger partial charge in [0.1, 0.15) is 0 Å². The van der Waals surface area contributed by atoms with Crippen molar-refractivity contribution in [1.82, 2.24) is 24.5 Å². The molecule has 5 heterocycles. The third kappa shape index (κ3) is 11.0. The Balaban J connectivity index is 0.000000207. The summed E-state index contributed by atoms with van der Waals surface area (Å²) < 4.78 is 10.5. The molecular formula is C65H67GeIrN5O-2. The first-order chi connectivity index (χ1) is 34.6. The van der Waals surface area contributed by atoms with E-state index in [1.807, 2.05) is 26.0 Å². The molecule has 1 aliphatic rings. The Morgan fingerprint density at radius 3 is 2.14 bits per heavy atom. The monoisotopic (exact) mass is 1200 g/mol. The molecule has 0 atom stereocenters. The quantitative estimate of drug-likeness (QED) is 0.106. The molecule has 0 unspecified atom stereocenters. The molecule has 1 radical (unpaired) electrons. The number of aromatic nitrogens is 5. The molecule has 0 spiro atoms. The Hall–Kier alpha value is -5.99. The normalized spacial score (nSPS) is 13.4. The molecule has 10 aromatic rings. The molecular weight excluding hydrogens is 1130 g/mol. The average molecular weight is 1200 g/mol. The molecule has 6 nitrogen and oxygen atoms in total. The smallest absolute Gasteiger partial charge is 0.216 e. The molecule has 1 saturated carbocycles. The Kier molecular flexibility index (Phi) is 15.3. The molecule has 0 bridgehead atoms. The van der Waals surface area contributed by atoms with Crippen molar-refractivity contribution in [3.8, 4) is 50.6 Å². The predicted octanol–water partition coefficient (Wildman–Crippen LogP) is 16.8. The number of hydrogen-bond acceptors (Lipinski definition) is 5. The first kappa shape index (κ1) is 51.9. The second-order valence-electron chi connectivity index (χ2n) is 22.4. The second kappa shape index (κ2) is 21.5. The number of nitrogens with zero attached hydrogens (tertiary/aromatic N) is 5. The molecule has 0 aliphatic heterocycles. The van der Waals surface area contributed by atoms with Gasteiger partial charge in [-0.2, -0.15) is 0 Å². The average Bonchev–Trinajstić information content (AvgIpc) is 3.95. The minimum atomic E-state index is -1.93. The summed E-state index contributed by atoms with van der Waals surface area (Å²) >= 11 is -1.93. The fourth-order valence-corrected chi connectivity index (χ4v) is 14.0. The van der Waals surface area contributed by atoms with E-state index >= 15 is 0 Å². The van der Waals surface area contributed by atoms with Crippen LogP contribution in [0.25, 0.3) is 83.7 Å². The zero-order valence-electron chi connectivity index (χ0n) is 44.2. The van der Waals surface area contributed by atoms with E-state index in [0.717, 1.165) is 90.4 Å². The summed E-state index contributed by atoms with van der Waals surface area (Å²) in [6.07, 6.45) is 9.54. The molecule has 373 valence electrons. The Morgan fingerprint density at radius 2 is 1.44 bits per heavy atom. The molecule has 0 N–H and O–H groups in total. The minimum Gasteiger partial charge on any atom is -0.486 e. The van der Waals surface area contributed by atoms with Crippen LogP contribution in [0.3, 0.4) is 0 Å². The van der Waals surface area contributed by atoms with Crippen LogP contribution in [0, 0.1) is 31.9 Å². The van der Waals surface area contributed by atoms with Gasteiger partial charge in [-0.3, -0.25) is 9.97 Å². The maximum atomic E-state index is 6.68. The van der Waals surface area contributed by atoms with Crippen molar-refractivity contribution in [2.75, 3.05) is 0 Å². The number of pyridine rings is 3. The molecule has 1 aliphatic carbocycles. The van der Waals surface area contributed by atoms with Crippen LogP contribution in [0.2, 0.25) is 17.3 Å². The molecule has 0 amide bonds. The number of benzene rings is 5. The predicted molar refractivity (Wildman–Crippen MR) is 303 cm³/mol. The van der Waals surface area contributed by atoms with Crippen molar-refractivity contribution in [2.45, 2.75) is 116 Å². The third-order valence-corrected chi connectivity index (χ3v) is 18.6. The van der Waals surface area contributed by atoms with Crippen molar-refractivity contribution in [2.24, 2.45) is 5.92 Å². The van der Waals surface area contributed by atoms with Crippen molar-refractivity contribution in [3.05, 3.63) is 180 Å². The van der Waals surface area contributed by atoms with E-state index in [2.05, 4.69) is 196 Å². The van der Waals surface area contributed by atoms with E-state index in [9.17, 15) is 0 Å². The summed E-state index contributed by atoms with van der Waals surface area (Å²) in [6, 6.07) is 54.2. The zero-order valence-corrected chi connectivity index (χ0v) is 48.6. The Morgan fingerprint density at radius 1 is 0.726 bits per heavy atom. The molecule has 8 heteroatoms. The molecule has 5 aromatic carbocycles. The molecule has 73 heavy (non-hydrogen) atoms. The number of fused-ring (bicyclic) bond motifs is 4. The van der Waals surface area contributed by atoms with E-state index in [1.165, 1.54) is 58.8 Å². The standard InChI is InChI=1S/C41H39N4O.C24H28GeN.Ir/c1-25-23-36-37(26(2)42-25)44-39(45(36)35-22-19-29(41(3,4)5)24-33(35)27-13-8-6-9-14-27)32-18-12-17-30-31-20-21-34(28-15-10-7-11-16-28)43-40(31)46-38(30)32;1-18(2)14-22-16-24(26-17-23(22)25(3,4)5)21-13-9-12-20(15-21)19-10-7-6-8-11-19;/h6,8-9,12-14,17,19-24,28H,7,10-11,15-16H2,1-5H3;6-12,15-18H,14H2,1-5H3;/q2*-1;. The first-order valence-electron chi connectivity index (χ1n) is 26.0. The Bertz CT molecular complexity index is 3560. The second-order valence-corrected chi connectivity index (χ2v) is 33.0. The van der Waals surface area contributed by atoms with Crippen LogP contribution < -0.4 is 4.40 Å². The van der Waals surface area contributed by atoms with Gasteiger partial charge >= 0.3 is 161 Å². The van der Waals surface area contributed by atoms with Crippen LogP contribution in [0.15, 0.2) is 144 Å². The number of rotatable bonds is 9. The minimum absolute atomic E-state index is 0. The van der Waals surface area contributed by atoms with Gasteiger partial charge in [0.25, 0.3) is 0 Å². The summed E-state index contributed by atoms with van der Waals surface area (Å²) in [5, 5.41) is 2.06. The van der Waals surface area contributed by atoms with Crippen LogP contribution >= 0.6 is 0 Å². The molecule has 5 aromatic heterocycles. The van der Waals surface area contributed by atoms with Crippen LogP contribution in [0.1, 0.15) is 101 Å². The van der Waals surface area contributed by atoms with Gasteiger partial charge in [-0.1, -0.05) is 87.4 Å². The Labute approximate surface area is 448 Å². The number of imidazole rings is 1. The largest absolute Gasteiger partial charge is 0.486 e. The maximum Gasteiger partial charge on any atom is 0.216 e. The van der Waals surface area contributed by atoms with Gasteiger partial charge < -0.3 is 8.98 Å². The van der Waals surface area contributed by atoms with Crippen LogP contribution in [0.4, 0.5) is 0 Å². The summed E-state index contributed by atoms with van der Waals surface area (Å²) in [5.74, 6) is 9.28. The van der Waals surface area contributed by atoms with Crippen LogP contribution in [-0.2, 0) is 31.9 Å². The summed E-state index contributed by atoms with van der Waals surface area (Å²) in [4.78, 5) is 20.0. The molecule has 1 fully saturated rings. The molecule has 0 saturated heterocycles. The van der Waals surface area contributed by atoms with Gasteiger partial charge in [0.05, 0.1) is 28.1 Å². The van der Waals surface area contributed by atoms with Crippen molar-refractivity contribution in [3.63, 3.8) is 0 Å². The SMILES string of the molecule is CC(C)Cc1cc(-c2[c-]ccc(-c3ccccc3)c2)nc[c]1[Ge]([CH3])([CH3])[CH3].Cc1cc2c(nc(-c3[c-]ccc4c3oc3nc(C5CCCCC5)ccc34)n2-c2ccc(C(C)(C)C)cc2-c2ccccc2)c(C)n1.[Ir]. The van der Waals surface area contributed by atoms with E-state index < -0.39 is 13.3 Å². The topological polar surface area (TPSA) is 69.6 Å². The number of hydrogen-bond donors (Lipinski definition) is 0.